The first-order chi connectivity index (χ1) is 8.25. The van der Waals surface area contributed by atoms with E-state index in [1.165, 1.54) is 12.1 Å². The third kappa shape index (κ3) is 3.01. The van der Waals surface area contributed by atoms with Crippen molar-refractivity contribution in [1.82, 2.24) is 15.3 Å². The second-order valence-corrected chi connectivity index (χ2v) is 3.43. The Morgan fingerprint density at radius 1 is 1.35 bits per heavy atom. The molecule has 0 aliphatic heterocycles. The number of phenolic OH excluding ortho intramolecular Hbond substituents is 1. The number of hydrogen-bond acceptors (Lipinski definition) is 4. The molecule has 0 aliphatic carbocycles. The summed E-state index contributed by atoms with van der Waals surface area (Å²) in [7, 11) is 0. The zero-order chi connectivity index (χ0) is 12.1. The van der Waals surface area contributed by atoms with Gasteiger partial charge in [0, 0.05) is 18.0 Å². The Morgan fingerprint density at radius 2 is 2.24 bits per heavy atom. The molecule has 0 bridgehead atoms. The summed E-state index contributed by atoms with van der Waals surface area (Å²) >= 11 is 0. The van der Waals surface area contributed by atoms with Crippen LogP contribution >= 0.6 is 0 Å². The van der Waals surface area contributed by atoms with E-state index in [-0.39, 0.29) is 11.7 Å². The second-order valence-electron chi connectivity index (χ2n) is 3.43. The van der Waals surface area contributed by atoms with Crippen LogP contribution in [0.25, 0.3) is 0 Å². The number of benzene rings is 1. The van der Waals surface area contributed by atoms with Crippen LogP contribution in [0.5, 0.6) is 5.75 Å². The molecule has 0 aliphatic rings. The van der Waals surface area contributed by atoms with E-state index in [2.05, 4.69) is 15.3 Å². The van der Waals surface area contributed by atoms with Gasteiger partial charge in [0.1, 0.15) is 5.75 Å². The standard InChI is InChI=1S/C12H11N3O2/c16-11-3-1-2-9(6-11)12(17)15-8-10-7-13-4-5-14-10/h1-7,16H,8H2,(H,15,17). The first-order valence-electron chi connectivity index (χ1n) is 5.08. The fourth-order valence-corrected chi connectivity index (χ4v) is 1.34. The molecule has 0 saturated carbocycles. The lowest BCUT2D eigenvalue weighted by Crippen LogP contribution is -2.23. The van der Waals surface area contributed by atoms with Crippen LogP contribution in [0.3, 0.4) is 0 Å². The fourth-order valence-electron chi connectivity index (χ4n) is 1.34. The molecule has 1 aromatic carbocycles. The van der Waals surface area contributed by atoms with Crippen molar-refractivity contribution in [2.45, 2.75) is 6.54 Å². The highest BCUT2D eigenvalue weighted by molar-refractivity contribution is 5.94. The lowest BCUT2D eigenvalue weighted by Gasteiger charge is -2.04. The Morgan fingerprint density at radius 3 is 2.94 bits per heavy atom. The molecular formula is C12H11N3O2. The lowest BCUT2D eigenvalue weighted by molar-refractivity contribution is 0.0950. The topological polar surface area (TPSA) is 75.1 Å². The fraction of sp³-hybridized carbons (Fsp3) is 0.0833. The maximum absolute atomic E-state index is 11.7. The number of nitrogens with one attached hydrogen (secondary N) is 1. The molecule has 0 fully saturated rings. The van der Waals surface area contributed by atoms with Crippen LogP contribution < -0.4 is 5.32 Å². The van der Waals surface area contributed by atoms with Crippen LogP contribution in [0.1, 0.15) is 16.1 Å². The minimum atomic E-state index is -0.258. The van der Waals surface area contributed by atoms with Gasteiger partial charge in [-0.2, -0.15) is 0 Å². The van der Waals surface area contributed by atoms with Crippen molar-refractivity contribution < 1.29 is 9.90 Å². The first-order valence-corrected chi connectivity index (χ1v) is 5.08. The van der Waals surface area contributed by atoms with E-state index in [1.54, 1.807) is 30.7 Å². The molecule has 17 heavy (non-hydrogen) atoms. The Hall–Kier alpha value is -2.43. The van der Waals surface area contributed by atoms with E-state index in [1.807, 2.05) is 0 Å². The number of aromatic nitrogens is 2. The molecule has 1 aromatic heterocycles. The average Bonchev–Trinajstić information content (AvgIpc) is 2.37. The van der Waals surface area contributed by atoms with Crippen LogP contribution in [-0.2, 0) is 6.54 Å². The molecule has 0 unspecified atom stereocenters. The molecule has 5 nitrogen and oxygen atoms in total. The van der Waals surface area contributed by atoms with Gasteiger partial charge in [0.15, 0.2) is 0 Å². The number of nitrogens with zero attached hydrogens (tertiary/aromatic N) is 2. The highest BCUT2D eigenvalue weighted by Crippen LogP contribution is 2.10. The van der Waals surface area contributed by atoms with Crippen molar-refractivity contribution in [2.75, 3.05) is 0 Å². The van der Waals surface area contributed by atoms with E-state index < -0.39 is 0 Å². The minimum absolute atomic E-state index is 0.0668. The van der Waals surface area contributed by atoms with Crippen molar-refractivity contribution in [2.24, 2.45) is 0 Å². The van der Waals surface area contributed by atoms with E-state index in [4.69, 9.17) is 0 Å². The van der Waals surface area contributed by atoms with Crippen LogP contribution in [0.2, 0.25) is 0 Å². The number of carbonyl (C=O) groups excluding carboxylic acids is 1. The lowest BCUT2D eigenvalue weighted by atomic mass is 10.2. The van der Waals surface area contributed by atoms with Gasteiger partial charge in [-0.3, -0.25) is 14.8 Å². The molecule has 0 radical (unpaired) electrons. The van der Waals surface area contributed by atoms with Gasteiger partial charge in [0.05, 0.1) is 18.4 Å². The molecule has 0 spiro atoms. The largest absolute Gasteiger partial charge is 0.508 e. The van der Waals surface area contributed by atoms with Gasteiger partial charge in [-0.15, -0.1) is 0 Å². The molecule has 0 saturated heterocycles. The van der Waals surface area contributed by atoms with Gasteiger partial charge in [0.25, 0.3) is 5.91 Å². The van der Waals surface area contributed by atoms with Gasteiger partial charge in [-0.25, -0.2) is 0 Å². The normalized spacial score (nSPS) is 9.88. The zero-order valence-corrected chi connectivity index (χ0v) is 9.00. The van der Waals surface area contributed by atoms with Crippen LogP contribution in [0.15, 0.2) is 42.9 Å². The molecule has 1 amide bonds. The van der Waals surface area contributed by atoms with Crippen molar-refractivity contribution in [3.8, 4) is 5.75 Å². The van der Waals surface area contributed by atoms with Gasteiger partial charge in [-0.1, -0.05) is 6.07 Å². The third-order valence-corrected chi connectivity index (χ3v) is 2.16. The number of phenols is 1. The predicted molar refractivity (Wildman–Crippen MR) is 61.3 cm³/mol. The van der Waals surface area contributed by atoms with Crippen molar-refractivity contribution >= 4 is 5.91 Å². The maximum atomic E-state index is 11.7. The number of rotatable bonds is 3. The first kappa shape index (κ1) is 11.1. The number of carbonyl (C=O) groups is 1. The van der Waals surface area contributed by atoms with Crippen molar-refractivity contribution in [3.05, 3.63) is 54.1 Å². The highest BCUT2D eigenvalue weighted by Gasteiger charge is 2.05. The molecule has 0 atom stereocenters. The van der Waals surface area contributed by atoms with E-state index in [0.717, 1.165) is 0 Å². The van der Waals surface area contributed by atoms with Gasteiger partial charge in [0.2, 0.25) is 0 Å². The van der Waals surface area contributed by atoms with Crippen LogP contribution in [0, 0.1) is 0 Å². The summed E-state index contributed by atoms with van der Waals surface area (Å²) in [4.78, 5) is 19.6. The number of aromatic hydroxyl groups is 1. The molecule has 5 heteroatoms. The SMILES string of the molecule is O=C(NCc1cnccn1)c1cccc(O)c1. The summed E-state index contributed by atoms with van der Waals surface area (Å²) in [6, 6.07) is 6.17. The Balaban J connectivity index is 1.98. The summed E-state index contributed by atoms with van der Waals surface area (Å²) in [6.45, 7) is 0.308. The molecular weight excluding hydrogens is 218 g/mol. The molecule has 2 aromatic rings. The van der Waals surface area contributed by atoms with E-state index in [0.29, 0.717) is 17.8 Å². The predicted octanol–water partition coefficient (Wildman–Crippen LogP) is 1.11. The van der Waals surface area contributed by atoms with Crippen molar-refractivity contribution in [3.63, 3.8) is 0 Å². The average molecular weight is 229 g/mol. The van der Waals surface area contributed by atoms with E-state index >= 15 is 0 Å². The monoisotopic (exact) mass is 229 g/mol. The van der Waals surface area contributed by atoms with Gasteiger partial charge < -0.3 is 10.4 Å². The minimum Gasteiger partial charge on any atom is -0.508 e. The molecule has 86 valence electrons. The maximum Gasteiger partial charge on any atom is 0.251 e. The molecule has 2 rings (SSSR count). The number of amides is 1. The highest BCUT2D eigenvalue weighted by atomic mass is 16.3. The van der Waals surface area contributed by atoms with Gasteiger partial charge in [-0.05, 0) is 18.2 Å². The zero-order valence-electron chi connectivity index (χ0n) is 9.00. The Kier molecular flexibility index (Phi) is 3.30. The molecule has 1 heterocycles. The van der Waals surface area contributed by atoms with Crippen molar-refractivity contribution in [1.29, 1.82) is 0 Å². The van der Waals surface area contributed by atoms with Crippen LogP contribution in [-0.4, -0.2) is 21.0 Å². The third-order valence-electron chi connectivity index (χ3n) is 2.16. The summed E-state index contributed by atoms with van der Waals surface area (Å²) in [5.41, 5.74) is 1.09. The summed E-state index contributed by atoms with van der Waals surface area (Å²) in [5.74, 6) is -0.191. The quantitative estimate of drug-likeness (QED) is 0.826. The summed E-state index contributed by atoms with van der Waals surface area (Å²) in [5, 5.41) is 11.9. The summed E-state index contributed by atoms with van der Waals surface area (Å²) in [6.07, 6.45) is 4.72. The Bertz CT molecular complexity index is 514. The number of hydrogen-bond donors (Lipinski definition) is 2. The molecule has 2 N–H and O–H groups in total. The summed E-state index contributed by atoms with van der Waals surface area (Å²) < 4.78 is 0. The van der Waals surface area contributed by atoms with Crippen LogP contribution in [0.4, 0.5) is 0 Å². The van der Waals surface area contributed by atoms with Gasteiger partial charge >= 0.3 is 0 Å². The van der Waals surface area contributed by atoms with E-state index in [9.17, 15) is 9.90 Å². The second kappa shape index (κ2) is 5.07. The smallest absolute Gasteiger partial charge is 0.251 e. The Labute approximate surface area is 98.2 Å².